The van der Waals surface area contributed by atoms with Crippen molar-refractivity contribution in [2.24, 2.45) is 0 Å². The quantitative estimate of drug-likeness (QED) is 0.706. The van der Waals surface area contributed by atoms with Crippen molar-refractivity contribution in [2.45, 2.75) is 64.3 Å². The van der Waals surface area contributed by atoms with Crippen LogP contribution in [-0.4, -0.2) is 18.3 Å². The van der Waals surface area contributed by atoms with Crippen LogP contribution < -0.4 is 10.2 Å². The van der Waals surface area contributed by atoms with Crippen LogP contribution in [0.1, 0.15) is 52.2 Å². The fourth-order valence-electron chi connectivity index (χ4n) is 3.95. The van der Waals surface area contributed by atoms with Crippen molar-refractivity contribution < 1.29 is 14.0 Å². The Bertz CT molecular complexity index is 849. The lowest BCUT2D eigenvalue weighted by Crippen LogP contribution is -2.41. The monoisotopic (exact) mass is 384 g/mol. The van der Waals surface area contributed by atoms with Crippen molar-refractivity contribution >= 4 is 24.2 Å². The standard InChI is InChI=1S/C22H26BClO3/c1-6-22(15-10-8-7-9-11-15)14-16-18(25-22)13-12-17(24)19(16)23-26-20(2,3)21(4,5)27-23/h7-13H,6,14H2,1-5H3/t22-/m0/s1. The Morgan fingerprint density at radius 1 is 0.963 bits per heavy atom. The van der Waals surface area contributed by atoms with Crippen LogP contribution in [0.5, 0.6) is 5.75 Å². The molecule has 0 aromatic heterocycles. The average Bonchev–Trinajstić information content (AvgIpc) is 3.10. The maximum absolute atomic E-state index is 6.64. The van der Waals surface area contributed by atoms with Crippen LogP contribution in [0.4, 0.5) is 0 Å². The first-order valence-corrected chi connectivity index (χ1v) is 9.98. The van der Waals surface area contributed by atoms with E-state index in [1.165, 1.54) is 5.56 Å². The highest BCUT2D eigenvalue weighted by molar-refractivity contribution is 6.66. The summed E-state index contributed by atoms with van der Waals surface area (Å²) in [4.78, 5) is 0. The predicted octanol–water partition coefficient (Wildman–Crippen LogP) is 4.88. The first kappa shape index (κ1) is 18.9. The summed E-state index contributed by atoms with van der Waals surface area (Å²) in [6, 6.07) is 14.3. The zero-order chi connectivity index (χ0) is 19.4. The molecule has 0 radical (unpaired) electrons. The summed E-state index contributed by atoms with van der Waals surface area (Å²) in [5, 5.41) is 0.663. The highest BCUT2D eigenvalue weighted by atomic mass is 35.5. The lowest BCUT2D eigenvalue weighted by atomic mass is 9.73. The minimum absolute atomic E-state index is 0.382. The van der Waals surface area contributed by atoms with E-state index in [0.29, 0.717) is 5.02 Å². The summed E-state index contributed by atoms with van der Waals surface area (Å²) in [7, 11) is -0.496. The highest BCUT2D eigenvalue weighted by Gasteiger charge is 2.54. The largest absolute Gasteiger partial charge is 0.496 e. The van der Waals surface area contributed by atoms with Gasteiger partial charge in [0.25, 0.3) is 0 Å². The van der Waals surface area contributed by atoms with Crippen LogP contribution in [0.25, 0.3) is 0 Å². The summed E-state index contributed by atoms with van der Waals surface area (Å²) >= 11 is 6.64. The Kier molecular flexibility index (Phi) is 4.38. The second-order valence-corrected chi connectivity index (χ2v) is 8.93. The van der Waals surface area contributed by atoms with E-state index in [9.17, 15) is 0 Å². The summed E-state index contributed by atoms with van der Waals surface area (Å²) in [5.41, 5.74) is 1.96. The van der Waals surface area contributed by atoms with E-state index < -0.39 is 18.3 Å². The van der Waals surface area contributed by atoms with Gasteiger partial charge in [-0.2, -0.15) is 0 Å². The molecule has 0 aliphatic carbocycles. The third-order valence-electron chi connectivity index (χ3n) is 6.39. The summed E-state index contributed by atoms with van der Waals surface area (Å²) in [5.74, 6) is 0.870. The van der Waals surface area contributed by atoms with Crippen LogP contribution in [0.15, 0.2) is 42.5 Å². The number of hydrogen-bond donors (Lipinski definition) is 0. The van der Waals surface area contributed by atoms with Crippen LogP contribution in [0.2, 0.25) is 5.02 Å². The Hall–Kier alpha value is -1.49. The Morgan fingerprint density at radius 3 is 2.19 bits per heavy atom. The van der Waals surface area contributed by atoms with Gasteiger partial charge in [0.2, 0.25) is 0 Å². The molecule has 27 heavy (non-hydrogen) atoms. The normalized spacial score (nSPS) is 25.3. The van der Waals surface area contributed by atoms with Crippen LogP contribution >= 0.6 is 11.6 Å². The first-order valence-electron chi connectivity index (χ1n) is 9.60. The van der Waals surface area contributed by atoms with E-state index in [-0.39, 0.29) is 5.60 Å². The molecule has 0 bridgehead atoms. The zero-order valence-corrected chi connectivity index (χ0v) is 17.4. The fraction of sp³-hybridized carbons (Fsp3) is 0.455. The maximum Gasteiger partial charge on any atom is 0.496 e. The molecular weight excluding hydrogens is 359 g/mol. The van der Waals surface area contributed by atoms with Crippen molar-refractivity contribution in [3.8, 4) is 5.75 Å². The van der Waals surface area contributed by atoms with Crippen molar-refractivity contribution in [3.63, 3.8) is 0 Å². The van der Waals surface area contributed by atoms with Gasteiger partial charge in [0, 0.05) is 16.9 Å². The lowest BCUT2D eigenvalue weighted by molar-refractivity contribution is 0.00578. The van der Waals surface area contributed by atoms with E-state index in [1.807, 2.05) is 18.2 Å². The van der Waals surface area contributed by atoms with E-state index in [1.54, 1.807) is 0 Å². The molecule has 0 N–H and O–H groups in total. The minimum atomic E-state index is -0.496. The molecule has 0 saturated carbocycles. The molecule has 3 nitrogen and oxygen atoms in total. The van der Waals surface area contributed by atoms with Gasteiger partial charge < -0.3 is 14.0 Å². The zero-order valence-electron chi connectivity index (χ0n) is 16.6. The number of halogens is 1. The summed E-state index contributed by atoms with van der Waals surface area (Å²) in [6.45, 7) is 10.4. The third-order valence-corrected chi connectivity index (χ3v) is 6.72. The summed E-state index contributed by atoms with van der Waals surface area (Å²) in [6.07, 6.45) is 1.62. The second-order valence-electron chi connectivity index (χ2n) is 8.52. The highest BCUT2D eigenvalue weighted by Crippen LogP contribution is 2.45. The van der Waals surface area contributed by atoms with Gasteiger partial charge in [-0.3, -0.25) is 0 Å². The second kappa shape index (κ2) is 6.27. The Morgan fingerprint density at radius 2 is 1.59 bits per heavy atom. The van der Waals surface area contributed by atoms with E-state index in [2.05, 4.69) is 58.9 Å². The van der Waals surface area contributed by atoms with E-state index in [4.69, 9.17) is 25.6 Å². The molecule has 1 saturated heterocycles. The van der Waals surface area contributed by atoms with Gasteiger partial charge in [-0.25, -0.2) is 0 Å². The SMILES string of the molecule is CC[C@@]1(c2ccccc2)Cc2c(ccc(Cl)c2B2OC(C)(C)C(C)(C)O2)O1. The van der Waals surface area contributed by atoms with Crippen LogP contribution in [0.3, 0.4) is 0 Å². The van der Waals surface area contributed by atoms with Crippen molar-refractivity contribution in [1.29, 1.82) is 0 Å². The smallest absolute Gasteiger partial charge is 0.482 e. The van der Waals surface area contributed by atoms with Gasteiger partial charge in [0.1, 0.15) is 11.4 Å². The Labute approximate surface area is 167 Å². The van der Waals surface area contributed by atoms with Gasteiger partial charge in [0.05, 0.1) is 11.2 Å². The molecule has 2 aromatic carbocycles. The van der Waals surface area contributed by atoms with Gasteiger partial charge in [0.15, 0.2) is 0 Å². The number of rotatable bonds is 3. The molecule has 0 spiro atoms. The first-order chi connectivity index (χ1) is 12.7. The number of ether oxygens (including phenoxy) is 1. The molecule has 1 atom stereocenters. The molecule has 142 valence electrons. The Balaban J connectivity index is 1.77. The van der Waals surface area contributed by atoms with E-state index in [0.717, 1.165) is 29.6 Å². The van der Waals surface area contributed by atoms with Crippen LogP contribution in [0, 0.1) is 0 Å². The van der Waals surface area contributed by atoms with Crippen molar-refractivity contribution in [1.82, 2.24) is 0 Å². The van der Waals surface area contributed by atoms with Gasteiger partial charge >= 0.3 is 7.12 Å². The topological polar surface area (TPSA) is 27.7 Å². The molecule has 2 aliphatic rings. The predicted molar refractivity (Wildman–Crippen MR) is 110 cm³/mol. The molecule has 2 aromatic rings. The average molecular weight is 385 g/mol. The third kappa shape index (κ3) is 2.90. The maximum atomic E-state index is 6.64. The molecule has 5 heteroatoms. The molecule has 2 aliphatic heterocycles. The molecule has 1 fully saturated rings. The van der Waals surface area contributed by atoms with Gasteiger partial charge in [-0.15, -0.1) is 0 Å². The van der Waals surface area contributed by atoms with Crippen molar-refractivity contribution in [3.05, 3.63) is 58.6 Å². The molecule has 0 amide bonds. The number of fused-ring (bicyclic) bond motifs is 1. The van der Waals surface area contributed by atoms with Gasteiger partial charge in [-0.1, -0.05) is 48.9 Å². The fourth-order valence-corrected chi connectivity index (χ4v) is 4.21. The molecular formula is C22H26BClO3. The molecule has 0 unspecified atom stereocenters. The van der Waals surface area contributed by atoms with E-state index >= 15 is 0 Å². The lowest BCUT2D eigenvalue weighted by Gasteiger charge is -2.32. The van der Waals surface area contributed by atoms with Gasteiger partial charge in [-0.05, 0) is 57.4 Å². The van der Waals surface area contributed by atoms with Crippen LogP contribution in [-0.2, 0) is 21.3 Å². The molecule has 4 rings (SSSR count). The number of hydrogen-bond acceptors (Lipinski definition) is 3. The minimum Gasteiger partial charge on any atom is -0.482 e. The molecule has 2 heterocycles. The van der Waals surface area contributed by atoms with Crippen molar-refractivity contribution in [2.75, 3.05) is 0 Å². The number of benzene rings is 2. The summed E-state index contributed by atoms with van der Waals surface area (Å²) < 4.78 is 19.1.